The van der Waals surface area contributed by atoms with Crippen LogP contribution < -0.4 is 33.2 Å². The zero-order valence-electron chi connectivity index (χ0n) is 16.7. The van der Waals surface area contributed by atoms with E-state index in [2.05, 4.69) is 10.6 Å². The monoisotopic (exact) mass is 448 g/mol. The van der Waals surface area contributed by atoms with Crippen molar-refractivity contribution in [1.82, 2.24) is 16.0 Å². The largest absolute Gasteiger partial charge is 0.480 e. The molecule has 0 aromatic carbocycles. The van der Waals surface area contributed by atoms with Crippen molar-refractivity contribution < 1.29 is 44.1 Å². The van der Waals surface area contributed by atoms with E-state index in [1.807, 2.05) is 5.32 Å². The van der Waals surface area contributed by atoms with Gasteiger partial charge in [-0.2, -0.15) is 0 Å². The van der Waals surface area contributed by atoms with Gasteiger partial charge in [0.1, 0.15) is 24.2 Å². The SMILES string of the molecule is CC(O)C(N)C(=O)NC(CCC(N)=O)C(=O)NC(CO)C(=O)NC(CC(N)=O)C(=O)O. The highest BCUT2D eigenvalue weighted by Crippen LogP contribution is 2.01. The number of carbonyl (C=O) groups excluding carboxylic acids is 5. The average molecular weight is 448 g/mol. The van der Waals surface area contributed by atoms with Crippen molar-refractivity contribution in [2.45, 2.75) is 56.5 Å². The Labute approximate surface area is 176 Å². The summed E-state index contributed by atoms with van der Waals surface area (Å²) < 4.78 is 0. The minimum atomic E-state index is -1.70. The fourth-order valence-corrected chi connectivity index (χ4v) is 2.18. The van der Waals surface area contributed by atoms with Gasteiger partial charge < -0.3 is 48.5 Å². The Bertz CT molecular complexity index is 699. The van der Waals surface area contributed by atoms with Gasteiger partial charge >= 0.3 is 5.97 Å². The second-order valence-corrected chi connectivity index (χ2v) is 6.65. The number of aliphatic carboxylic acids is 1. The predicted molar refractivity (Wildman–Crippen MR) is 102 cm³/mol. The predicted octanol–water partition coefficient (Wildman–Crippen LogP) is -5.63. The van der Waals surface area contributed by atoms with Gasteiger partial charge in [0.15, 0.2) is 0 Å². The van der Waals surface area contributed by atoms with E-state index >= 15 is 0 Å². The zero-order valence-corrected chi connectivity index (χ0v) is 16.7. The summed E-state index contributed by atoms with van der Waals surface area (Å²) >= 11 is 0. The molecule has 0 aromatic rings. The molecule has 176 valence electrons. The van der Waals surface area contributed by atoms with Crippen molar-refractivity contribution in [3.8, 4) is 0 Å². The summed E-state index contributed by atoms with van der Waals surface area (Å²) in [7, 11) is 0. The van der Waals surface area contributed by atoms with Gasteiger partial charge in [-0.1, -0.05) is 0 Å². The number of hydrogen-bond acceptors (Lipinski definition) is 9. The molecule has 0 aromatic heterocycles. The quantitative estimate of drug-likeness (QED) is 0.121. The summed E-state index contributed by atoms with van der Waals surface area (Å²) in [5, 5.41) is 34.0. The maximum Gasteiger partial charge on any atom is 0.326 e. The van der Waals surface area contributed by atoms with Crippen LogP contribution in [0.5, 0.6) is 0 Å². The molecule has 12 N–H and O–H groups in total. The van der Waals surface area contributed by atoms with Crippen molar-refractivity contribution >= 4 is 35.5 Å². The van der Waals surface area contributed by atoms with Crippen LogP contribution in [0.2, 0.25) is 0 Å². The fourth-order valence-electron chi connectivity index (χ4n) is 2.18. The van der Waals surface area contributed by atoms with Crippen LogP contribution in [0.25, 0.3) is 0 Å². The van der Waals surface area contributed by atoms with Gasteiger partial charge in [0.25, 0.3) is 0 Å². The van der Waals surface area contributed by atoms with Gasteiger partial charge in [-0.15, -0.1) is 0 Å². The van der Waals surface area contributed by atoms with Crippen molar-refractivity contribution in [1.29, 1.82) is 0 Å². The molecule has 0 saturated carbocycles. The van der Waals surface area contributed by atoms with Crippen LogP contribution in [0, 0.1) is 0 Å². The van der Waals surface area contributed by atoms with E-state index in [1.54, 1.807) is 0 Å². The molecule has 0 rings (SSSR count). The molecule has 0 aliphatic carbocycles. The lowest BCUT2D eigenvalue weighted by molar-refractivity contribution is -0.144. The molecule has 0 saturated heterocycles. The highest BCUT2D eigenvalue weighted by atomic mass is 16.4. The third-order valence-electron chi connectivity index (χ3n) is 3.97. The van der Waals surface area contributed by atoms with Crippen molar-refractivity contribution in [2.24, 2.45) is 17.2 Å². The van der Waals surface area contributed by atoms with Crippen LogP contribution in [0.1, 0.15) is 26.2 Å². The Morgan fingerprint density at radius 3 is 1.74 bits per heavy atom. The number of aliphatic hydroxyl groups is 2. The first kappa shape index (κ1) is 27.7. The number of hydrogen-bond donors (Lipinski definition) is 9. The number of rotatable bonds is 14. The molecular formula is C16H28N6O9. The molecule has 5 amide bonds. The van der Waals surface area contributed by atoms with Crippen molar-refractivity contribution in [3.05, 3.63) is 0 Å². The topological polar surface area (TPSA) is 277 Å². The zero-order chi connectivity index (χ0) is 24.3. The average Bonchev–Trinajstić information content (AvgIpc) is 2.66. The Hall–Kier alpha value is -3.30. The number of amides is 5. The molecule has 15 nitrogen and oxygen atoms in total. The van der Waals surface area contributed by atoms with Gasteiger partial charge in [0, 0.05) is 6.42 Å². The standard InChI is InChI=1S/C16H28N6O9/c1-6(24)12(19)15(29)20-7(2-3-10(17)25)13(27)22-9(5-23)14(28)21-8(16(30)31)4-11(18)26/h6-9,12,23-24H,2-5,19H2,1H3,(H2,17,25)(H2,18,26)(H,20,29)(H,21,28)(H,22,27)(H,30,31). The highest BCUT2D eigenvalue weighted by molar-refractivity contribution is 5.95. The number of primary amides is 2. The van der Waals surface area contributed by atoms with Gasteiger partial charge in [-0.3, -0.25) is 24.0 Å². The lowest BCUT2D eigenvalue weighted by Gasteiger charge is -2.24. The third kappa shape index (κ3) is 10.3. The summed E-state index contributed by atoms with van der Waals surface area (Å²) in [4.78, 5) is 69.8. The summed E-state index contributed by atoms with van der Waals surface area (Å²) in [6.45, 7) is 0.268. The maximum atomic E-state index is 12.5. The van der Waals surface area contributed by atoms with E-state index in [0.29, 0.717) is 0 Å². The third-order valence-corrected chi connectivity index (χ3v) is 3.97. The van der Waals surface area contributed by atoms with Gasteiger partial charge in [0.05, 0.1) is 19.1 Å². The lowest BCUT2D eigenvalue weighted by Crippen LogP contribution is -2.59. The van der Waals surface area contributed by atoms with E-state index in [9.17, 15) is 39.0 Å². The Balaban J connectivity index is 5.32. The van der Waals surface area contributed by atoms with Crippen LogP contribution >= 0.6 is 0 Å². The van der Waals surface area contributed by atoms with Crippen LogP contribution in [-0.2, 0) is 28.8 Å². The fraction of sp³-hybridized carbons (Fsp3) is 0.625. The molecule has 31 heavy (non-hydrogen) atoms. The normalized spacial score (nSPS) is 15.5. The van der Waals surface area contributed by atoms with E-state index in [-0.39, 0.29) is 12.8 Å². The lowest BCUT2D eigenvalue weighted by atomic mass is 10.1. The second kappa shape index (κ2) is 13.1. The summed E-state index contributed by atoms with van der Waals surface area (Å²) in [6, 6.07) is -6.19. The van der Waals surface area contributed by atoms with E-state index < -0.39 is 78.8 Å². The summed E-state index contributed by atoms with van der Waals surface area (Å²) in [5.41, 5.74) is 15.4. The van der Waals surface area contributed by atoms with Crippen molar-refractivity contribution in [2.75, 3.05) is 6.61 Å². The van der Waals surface area contributed by atoms with Crippen molar-refractivity contribution in [3.63, 3.8) is 0 Å². The van der Waals surface area contributed by atoms with Gasteiger partial charge in [-0.05, 0) is 13.3 Å². The molecule has 0 heterocycles. The van der Waals surface area contributed by atoms with E-state index in [4.69, 9.17) is 22.3 Å². The molecule has 5 unspecified atom stereocenters. The van der Waals surface area contributed by atoms with Crippen LogP contribution in [0.3, 0.4) is 0 Å². The molecule has 15 heteroatoms. The minimum Gasteiger partial charge on any atom is -0.480 e. The molecule has 0 aliphatic rings. The number of carbonyl (C=O) groups is 6. The number of carboxylic acids is 1. The Morgan fingerprint density at radius 1 is 0.839 bits per heavy atom. The molecule has 5 atom stereocenters. The van der Waals surface area contributed by atoms with E-state index in [0.717, 1.165) is 0 Å². The van der Waals surface area contributed by atoms with Crippen LogP contribution in [0.15, 0.2) is 0 Å². The highest BCUT2D eigenvalue weighted by Gasteiger charge is 2.31. The number of nitrogens with two attached hydrogens (primary N) is 3. The Morgan fingerprint density at radius 2 is 1.32 bits per heavy atom. The molecule has 0 fully saturated rings. The molecule has 0 bridgehead atoms. The summed E-state index contributed by atoms with van der Waals surface area (Å²) in [6.07, 6.45) is -2.62. The van der Waals surface area contributed by atoms with E-state index in [1.165, 1.54) is 6.92 Å². The first-order valence-corrected chi connectivity index (χ1v) is 9.05. The first-order valence-electron chi connectivity index (χ1n) is 9.05. The molecule has 0 radical (unpaired) electrons. The summed E-state index contributed by atoms with van der Waals surface area (Å²) in [5.74, 6) is -6.49. The smallest absolute Gasteiger partial charge is 0.326 e. The van der Waals surface area contributed by atoms with Crippen LogP contribution in [0.4, 0.5) is 0 Å². The molecule has 0 aliphatic heterocycles. The maximum absolute atomic E-state index is 12.5. The molecule has 0 spiro atoms. The van der Waals surface area contributed by atoms with Gasteiger partial charge in [0.2, 0.25) is 29.5 Å². The van der Waals surface area contributed by atoms with Crippen LogP contribution in [-0.4, -0.2) is 87.7 Å². The first-order chi connectivity index (χ1) is 14.3. The number of carboxylic acid groups (broad SMARTS) is 1. The second-order valence-electron chi connectivity index (χ2n) is 6.65. The molecular weight excluding hydrogens is 420 g/mol. The Kier molecular flexibility index (Phi) is 11.7. The number of nitrogens with one attached hydrogen (secondary N) is 3. The van der Waals surface area contributed by atoms with Gasteiger partial charge in [-0.25, -0.2) is 4.79 Å². The minimum absolute atomic E-state index is 0.293. The number of aliphatic hydroxyl groups excluding tert-OH is 2.